The molecule has 1 aliphatic heterocycles. The number of nitrogens with two attached hydrogens (primary N) is 1. The van der Waals surface area contributed by atoms with Crippen molar-refractivity contribution in [2.45, 2.75) is 32.1 Å². The maximum Gasteiger partial charge on any atom is 0.416 e. The molecule has 1 aliphatic rings. The predicted octanol–water partition coefficient (Wildman–Crippen LogP) is 2.69. The Bertz CT molecular complexity index is 488. The maximum absolute atomic E-state index is 13.1. The number of anilines is 1. The fourth-order valence-corrected chi connectivity index (χ4v) is 2.82. The Labute approximate surface area is 123 Å². The Kier molecular flexibility index (Phi) is 4.78. The molecule has 0 spiro atoms. The summed E-state index contributed by atoms with van der Waals surface area (Å²) in [5.41, 5.74) is 5.58. The van der Waals surface area contributed by atoms with E-state index in [2.05, 4.69) is 18.9 Å². The number of hydrogen-bond donors (Lipinski definition) is 1. The Morgan fingerprint density at radius 1 is 1.29 bits per heavy atom. The van der Waals surface area contributed by atoms with Gasteiger partial charge in [-0.05, 0) is 31.2 Å². The van der Waals surface area contributed by atoms with Gasteiger partial charge in [0.05, 0.1) is 5.56 Å². The lowest BCUT2D eigenvalue weighted by atomic mass is 10.0. The van der Waals surface area contributed by atoms with Crippen molar-refractivity contribution in [2.24, 2.45) is 5.73 Å². The molecule has 0 saturated carbocycles. The molecule has 2 N–H and O–H groups in total. The molecular weight excluding hydrogens is 279 g/mol. The highest BCUT2D eigenvalue weighted by Gasteiger charge is 2.34. The summed E-state index contributed by atoms with van der Waals surface area (Å²) in [5, 5.41) is 0. The first-order valence-electron chi connectivity index (χ1n) is 7.22. The van der Waals surface area contributed by atoms with E-state index in [1.807, 2.05) is 4.90 Å². The second-order valence-corrected chi connectivity index (χ2v) is 5.53. The molecule has 0 radical (unpaired) electrons. The zero-order valence-electron chi connectivity index (χ0n) is 12.5. The molecule has 21 heavy (non-hydrogen) atoms. The lowest BCUT2D eigenvalue weighted by molar-refractivity contribution is -0.138. The third-order valence-electron chi connectivity index (χ3n) is 4.23. The molecule has 0 aliphatic carbocycles. The lowest BCUT2D eigenvalue weighted by Gasteiger charge is -2.40. The fraction of sp³-hybridized carbons (Fsp3) is 0.600. The van der Waals surface area contributed by atoms with Crippen molar-refractivity contribution in [3.05, 3.63) is 29.3 Å². The molecule has 1 unspecified atom stereocenters. The van der Waals surface area contributed by atoms with Gasteiger partial charge in [-0.1, -0.05) is 13.0 Å². The average Bonchev–Trinajstić information content (AvgIpc) is 2.46. The van der Waals surface area contributed by atoms with Crippen molar-refractivity contribution in [1.82, 2.24) is 4.90 Å². The van der Waals surface area contributed by atoms with E-state index in [4.69, 9.17) is 5.73 Å². The second-order valence-electron chi connectivity index (χ2n) is 5.53. The number of alkyl halides is 3. The smallest absolute Gasteiger partial charge is 0.369 e. The molecule has 1 heterocycles. The topological polar surface area (TPSA) is 32.5 Å². The molecule has 1 aromatic rings. The second kappa shape index (κ2) is 6.23. The van der Waals surface area contributed by atoms with E-state index in [1.54, 1.807) is 6.07 Å². The standard InChI is InChI=1S/C15H22F3N3/c1-3-12-10-21(7-6-20(12)2)13-5-4-11(9-19)14(8-13)15(16,17)18/h4-5,8,12H,3,6-7,9-10,19H2,1-2H3. The van der Waals surface area contributed by atoms with Gasteiger partial charge in [0.25, 0.3) is 0 Å². The van der Waals surface area contributed by atoms with E-state index in [9.17, 15) is 13.2 Å². The zero-order valence-corrected chi connectivity index (χ0v) is 12.5. The van der Waals surface area contributed by atoms with Crippen LogP contribution in [0.5, 0.6) is 0 Å². The van der Waals surface area contributed by atoms with E-state index < -0.39 is 11.7 Å². The van der Waals surface area contributed by atoms with Crippen LogP contribution >= 0.6 is 0 Å². The van der Waals surface area contributed by atoms with Crippen LogP contribution in [0.3, 0.4) is 0 Å². The minimum atomic E-state index is -4.36. The van der Waals surface area contributed by atoms with Crippen molar-refractivity contribution in [3.63, 3.8) is 0 Å². The van der Waals surface area contributed by atoms with Gasteiger partial charge in [-0.25, -0.2) is 0 Å². The molecule has 1 fully saturated rings. The number of nitrogens with zero attached hydrogens (tertiary/aromatic N) is 2. The Hall–Kier alpha value is -1.27. The summed E-state index contributed by atoms with van der Waals surface area (Å²) in [7, 11) is 2.06. The third-order valence-corrected chi connectivity index (χ3v) is 4.23. The number of rotatable bonds is 3. The van der Waals surface area contributed by atoms with Gasteiger partial charge < -0.3 is 10.6 Å². The normalized spacial score (nSPS) is 20.9. The molecule has 1 saturated heterocycles. The van der Waals surface area contributed by atoms with Crippen LogP contribution in [0.2, 0.25) is 0 Å². The number of halogens is 3. The molecule has 118 valence electrons. The summed E-state index contributed by atoms with van der Waals surface area (Å²) in [6.07, 6.45) is -3.37. The van der Waals surface area contributed by atoms with Gasteiger partial charge in [0.2, 0.25) is 0 Å². The van der Waals surface area contributed by atoms with Crippen LogP contribution in [0.25, 0.3) is 0 Å². The quantitative estimate of drug-likeness (QED) is 0.931. The number of benzene rings is 1. The highest BCUT2D eigenvalue weighted by atomic mass is 19.4. The van der Waals surface area contributed by atoms with E-state index in [-0.39, 0.29) is 12.1 Å². The van der Waals surface area contributed by atoms with Gasteiger partial charge in [0, 0.05) is 37.9 Å². The average molecular weight is 301 g/mol. The van der Waals surface area contributed by atoms with Gasteiger partial charge in [0.15, 0.2) is 0 Å². The van der Waals surface area contributed by atoms with Crippen LogP contribution in [0.1, 0.15) is 24.5 Å². The SMILES string of the molecule is CCC1CN(c2ccc(CN)c(C(F)(F)F)c2)CCN1C. The summed E-state index contributed by atoms with van der Waals surface area (Å²) in [6, 6.07) is 4.86. The van der Waals surface area contributed by atoms with E-state index in [0.717, 1.165) is 26.1 Å². The molecule has 1 atom stereocenters. The zero-order chi connectivity index (χ0) is 15.6. The lowest BCUT2D eigenvalue weighted by Crippen LogP contribution is -2.51. The van der Waals surface area contributed by atoms with Crippen LogP contribution in [0, 0.1) is 0 Å². The van der Waals surface area contributed by atoms with Crippen LogP contribution < -0.4 is 10.6 Å². The maximum atomic E-state index is 13.1. The van der Waals surface area contributed by atoms with Crippen LogP contribution in [0.4, 0.5) is 18.9 Å². The summed E-state index contributed by atoms with van der Waals surface area (Å²) < 4.78 is 39.3. The highest BCUT2D eigenvalue weighted by molar-refractivity contribution is 5.52. The fourth-order valence-electron chi connectivity index (χ4n) is 2.82. The van der Waals surface area contributed by atoms with Gasteiger partial charge in [-0.15, -0.1) is 0 Å². The van der Waals surface area contributed by atoms with Crippen molar-refractivity contribution in [2.75, 3.05) is 31.6 Å². The first-order valence-corrected chi connectivity index (χ1v) is 7.22. The Morgan fingerprint density at radius 2 is 2.00 bits per heavy atom. The van der Waals surface area contributed by atoms with E-state index >= 15 is 0 Å². The molecule has 6 heteroatoms. The molecule has 1 aromatic carbocycles. The predicted molar refractivity (Wildman–Crippen MR) is 78.3 cm³/mol. The summed E-state index contributed by atoms with van der Waals surface area (Å²) in [6.45, 7) is 4.36. The molecule has 0 bridgehead atoms. The van der Waals surface area contributed by atoms with Crippen LogP contribution in [-0.2, 0) is 12.7 Å². The number of piperazine rings is 1. The Morgan fingerprint density at radius 3 is 2.57 bits per heavy atom. The van der Waals surface area contributed by atoms with Crippen molar-refractivity contribution >= 4 is 5.69 Å². The molecule has 2 rings (SSSR count). The molecule has 0 aromatic heterocycles. The molecule has 0 amide bonds. The van der Waals surface area contributed by atoms with Crippen LogP contribution in [-0.4, -0.2) is 37.6 Å². The van der Waals surface area contributed by atoms with E-state index in [0.29, 0.717) is 11.7 Å². The number of likely N-dealkylation sites (N-methyl/N-ethyl adjacent to an activating group) is 1. The third kappa shape index (κ3) is 3.49. The first kappa shape index (κ1) is 16.1. The summed E-state index contributed by atoms with van der Waals surface area (Å²) in [5.74, 6) is 0. The summed E-state index contributed by atoms with van der Waals surface area (Å²) in [4.78, 5) is 4.29. The van der Waals surface area contributed by atoms with Gasteiger partial charge in [0.1, 0.15) is 0 Å². The van der Waals surface area contributed by atoms with Gasteiger partial charge in [-0.3, -0.25) is 4.90 Å². The van der Waals surface area contributed by atoms with Gasteiger partial charge >= 0.3 is 6.18 Å². The largest absolute Gasteiger partial charge is 0.416 e. The summed E-state index contributed by atoms with van der Waals surface area (Å²) >= 11 is 0. The minimum Gasteiger partial charge on any atom is -0.369 e. The van der Waals surface area contributed by atoms with Crippen molar-refractivity contribution in [3.8, 4) is 0 Å². The van der Waals surface area contributed by atoms with Crippen LogP contribution in [0.15, 0.2) is 18.2 Å². The number of hydrogen-bond acceptors (Lipinski definition) is 3. The Balaban J connectivity index is 2.28. The van der Waals surface area contributed by atoms with E-state index in [1.165, 1.54) is 12.1 Å². The molecule has 3 nitrogen and oxygen atoms in total. The van der Waals surface area contributed by atoms with Gasteiger partial charge in [-0.2, -0.15) is 13.2 Å². The van der Waals surface area contributed by atoms with Crippen molar-refractivity contribution < 1.29 is 13.2 Å². The first-order chi connectivity index (χ1) is 9.86. The monoisotopic (exact) mass is 301 g/mol. The minimum absolute atomic E-state index is 0.102. The van der Waals surface area contributed by atoms with Crippen molar-refractivity contribution in [1.29, 1.82) is 0 Å². The highest BCUT2D eigenvalue weighted by Crippen LogP contribution is 2.35. The molecular formula is C15H22F3N3.